The smallest absolute Gasteiger partial charge is 0.257 e. The van der Waals surface area contributed by atoms with Crippen molar-refractivity contribution < 1.29 is 9.59 Å². The SMILES string of the molecule is CC1CNCCN1CC(=O)NC(=O)c1ccccc1. The number of carbonyl (C=O) groups excluding carboxylic acids is 2. The lowest BCUT2D eigenvalue weighted by Crippen LogP contribution is -2.53. The number of carbonyl (C=O) groups is 2. The molecule has 1 aromatic carbocycles. The summed E-state index contributed by atoms with van der Waals surface area (Å²) in [6.45, 7) is 4.91. The van der Waals surface area contributed by atoms with E-state index in [4.69, 9.17) is 0 Å². The average molecular weight is 261 g/mol. The predicted octanol–water partition coefficient (Wildman–Crippen LogP) is 0.237. The number of hydrogen-bond donors (Lipinski definition) is 2. The summed E-state index contributed by atoms with van der Waals surface area (Å²) in [5.41, 5.74) is 0.504. The van der Waals surface area contributed by atoms with Gasteiger partial charge in [-0.15, -0.1) is 0 Å². The van der Waals surface area contributed by atoms with Crippen LogP contribution in [0.15, 0.2) is 30.3 Å². The van der Waals surface area contributed by atoms with Crippen LogP contribution >= 0.6 is 0 Å². The van der Waals surface area contributed by atoms with Crippen molar-refractivity contribution in [1.29, 1.82) is 0 Å². The summed E-state index contributed by atoms with van der Waals surface area (Å²) in [6.07, 6.45) is 0. The minimum Gasteiger partial charge on any atom is -0.314 e. The van der Waals surface area contributed by atoms with Crippen LogP contribution in [0.4, 0.5) is 0 Å². The van der Waals surface area contributed by atoms with E-state index >= 15 is 0 Å². The lowest BCUT2D eigenvalue weighted by Gasteiger charge is -2.33. The molecule has 1 atom stereocenters. The first-order chi connectivity index (χ1) is 9.16. The molecule has 0 saturated carbocycles. The minimum atomic E-state index is -0.339. The van der Waals surface area contributed by atoms with Crippen molar-refractivity contribution in [3.8, 4) is 0 Å². The van der Waals surface area contributed by atoms with E-state index in [-0.39, 0.29) is 18.4 Å². The van der Waals surface area contributed by atoms with Crippen molar-refractivity contribution in [1.82, 2.24) is 15.5 Å². The summed E-state index contributed by atoms with van der Waals surface area (Å²) < 4.78 is 0. The molecule has 19 heavy (non-hydrogen) atoms. The molecule has 0 aliphatic carbocycles. The normalized spacial score (nSPS) is 19.9. The van der Waals surface area contributed by atoms with Gasteiger partial charge in [0, 0.05) is 31.2 Å². The van der Waals surface area contributed by atoms with Gasteiger partial charge in [-0.1, -0.05) is 18.2 Å². The molecule has 5 heteroatoms. The number of piperazine rings is 1. The molecule has 0 radical (unpaired) electrons. The molecule has 1 fully saturated rings. The van der Waals surface area contributed by atoms with Crippen LogP contribution in [0.5, 0.6) is 0 Å². The Morgan fingerprint density at radius 2 is 2.11 bits per heavy atom. The zero-order chi connectivity index (χ0) is 13.7. The van der Waals surface area contributed by atoms with Crippen LogP contribution in [0.2, 0.25) is 0 Å². The van der Waals surface area contributed by atoms with E-state index in [0.29, 0.717) is 11.6 Å². The highest BCUT2D eigenvalue weighted by Crippen LogP contribution is 2.02. The zero-order valence-electron chi connectivity index (χ0n) is 11.1. The largest absolute Gasteiger partial charge is 0.314 e. The zero-order valence-corrected chi connectivity index (χ0v) is 11.1. The van der Waals surface area contributed by atoms with Gasteiger partial charge in [0.25, 0.3) is 5.91 Å². The molecule has 5 nitrogen and oxygen atoms in total. The number of rotatable bonds is 3. The Balaban J connectivity index is 1.86. The van der Waals surface area contributed by atoms with Crippen molar-refractivity contribution >= 4 is 11.8 Å². The summed E-state index contributed by atoms with van der Waals surface area (Å²) >= 11 is 0. The predicted molar refractivity (Wildman–Crippen MR) is 72.8 cm³/mol. The van der Waals surface area contributed by atoms with Gasteiger partial charge < -0.3 is 5.32 Å². The Hall–Kier alpha value is -1.72. The lowest BCUT2D eigenvalue weighted by atomic mass is 10.2. The molecule has 1 aromatic rings. The standard InChI is InChI=1S/C14H19N3O2/c1-11-9-15-7-8-17(11)10-13(18)16-14(19)12-5-3-2-4-6-12/h2-6,11,15H,7-10H2,1H3,(H,16,18,19). The highest BCUT2D eigenvalue weighted by Gasteiger charge is 2.21. The van der Waals surface area contributed by atoms with E-state index in [9.17, 15) is 9.59 Å². The van der Waals surface area contributed by atoms with E-state index in [1.165, 1.54) is 0 Å². The molecule has 2 N–H and O–H groups in total. The van der Waals surface area contributed by atoms with Gasteiger partial charge in [0.15, 0.2) is 0 Å². The maximum absolute atomic E-state index is 11.8. The maximum atomic E-state index is 11.8. The number of hydrogen-bond acceptors (Lipinski definition) is 4. The van der Waals surface area contributed by atoms with Gasteiger partial charge in [-0.25, -0.2) is 0 Å². The summed E-state index contributed by atoms with van der Waals surface area (Å²) in [5.74, 6) is -0.587. The Morgan fingerprint density at radius 1 is 1.37 bits per heavy atom. The third kappa shape index (κ3) is 3.87. The fraction of sp³-hybridized carbons (Fsp3) is 0.429. The number of nitrogens with zero attached hydrogens (tertiary/aromatic N) is 1. The monoisotopic (exact) mass is 261 g/mol. The fourth-order valence-electron chi connectivity index (χ4n) is 2.13. The van der Waals surface area contributed by atoms with Gasteiger partial charge in [-0.3, -0.25) is 19.8 Å². The summed E-state index contributed by atoms with van der Waals surface area (Å²) in [5, 5.41) is 5.69. The van der Waals surface area contributed by atoms with E-state index in [1.807, 2.05) is 6.07 Å². The lowest BCUT2D eigenvalue weighted by molar-refractivity contribution is -0.121. The minimum absolute atomic E-state index is 0.248. The van der Waals surface area contributed by atoms with Crippen LogP contribution < -0.4 is 10.6 Å². The highest BCUT2D eigenvalue weighted by atomic mass is 16.2. The number of amides is 2. The first-order valence-corrected chi connectivity index (χ1v) is 6.51. The van der Waals surface area contributed by atoms with Gasteiger partial charge >= 0.3 is 0 Å². The summed E-state index contributed by atoms with van der Waals surface area (Å²) in [4.78, 5) is 25.7. The van der Waals surface area contributed by atoms with E-state index in [2.05, 4.69) is 22.5 Å². The van der Waals surface area contributed by atoms with Crippen molar-refractivity contribution in [3.05, 3.63) is 35.9 Å². The van der Waals surface area contributed by atoms with Gasteiger partial charge in [-0.05, 0) is 19.1 Å². The third-order valence-electron chi connectivity index (χ3n) is 3.27. The Labute approximate surface area is 113 Å². The highest BCUT2D eigenvalue weighted by molar-refractivity contribution is 6.05. The van der Waals surface area contributed by atoms with Gasteiger partial charge in [0.05, 0.1) is 6.54 Å². The van der Waals surface area contributed by atoms with Crippen LogP contribution in [-0.2, 0) is 4.79 Å². The van der Waals surface area contributed by atoms with Gasteiger partial charge in [-0.2, -0.15) is 0 Å². The molecule has 1 aliphatic rings. The molecule has 1 heterocycles. The quantitative estimate of drug-likeness (QED) is 0.818. The molecule has 2 rings (SSSR count). The van der Waals surface area contributed by atoms with Crippen LogP contribution in [0.1, 0.15) is 17.3 Å². The molecule has 0 spiro atoms. The van der Waals surface area contributed by atoms with Crippen LogP contribution in [0, 0.1) is 0 Å². The topological polar surface area (TPSA) is 61.4 Å². The average Bonchev–Trinajstić information content (AvgIpc) is 2.42. The van der Waals surface area contributed by atoms with Crippen LogP contribution in [-0.4, -0.2) is 48.9 Å². The molecular formula is C14H19N3O2. The van der Waals surface area contributed by atoms with E-state index in [1.54, 1.807) is 24.3 Å². The Morgan fingerprint density at radius 3 is 2.79 bits per heavy atom. The summed E-state index contributed by atoms with van der Waals surface area (Å²) in [6, 6.07) is 9.08. The summed E-state index contributed by atoms with van der Waals surface area (Å²) in [7, 11) is 0. The molecule has 1 saturated heterocycles. The van der Waals surface area contributed by atoms with E-state index in [0.717, 1.165) is 19.6 Å². The third-order valence-corrected chi connectivity index (χ3v) is 3.27. The number of benzene rings is 1. The molecule has 0 aromatic heterocycles. The Bertz CT molecular complexity index is 447. The number of imide groups is 1. The molecule has 2 amide bonds. The van der Waals surface area contributed by atoms with Crippen molar-refractivity contribution in [2.75, 3.05) is 26.2 Å². The second-order valence-corrected chi connectivity index (χ2v) is 4.77. The fourth-order valence-corrected chi connectivity index (χ4v) is 2.13. The number of nitrogens with one attached hydrogen (secondary N) is 2. The van der Waals surface area contributed by atoms with Crippen molar-refractivity contribution in [2.45, 2.75) is 13.0 Å². The first kappa shape index (κ1) is 13.7. The van der Waals surface area contributed by atoms with Gasteiger partial charge in [0.1, 0.15) is 0 Å². The molecule has 1 unspecified atom stereocenters. The molecule has 1 aliphatic heterocycles. The Kier molecular flexibility index (Phi) is 4.65. The van der Waals surface area contributed by atoms with Gasteiger partial charge in [0.2, 0.25) is 5.91 Å². The molecule has 102 valence electrons. The van der Waals surface area contributed by atoms with Crippen molar-refractivity contribution in [2.24, 2.45) is 0 Å². The van der Waals surface area contributed by atoms with Crippen LogP contribution in [0.3, 0.4) is 0 Å². The van der Waals surface area contributed by atoms with E-state index < -0.39 is 0 Å². The molecule has 0 bridgehead atoms. The molecular weight excluding hydrogens is 242 g/mol. The van der Waals surface area contributed by atoms with Crippen molar-refractivity contribution in [3.63, 3.8) is 0 Å². The van der Waals surface area contributed by atoms with Crippen LogP contribution in [0.25, 0.3) is 0 Å². The first-order valence-electron chi connectivity index (χ1n) is 6.51. The maximum Gasteiger partial charge on any atom is 0.257 e. The second-order valence-electron chi connectivity index (χ2n) is 4.77. The second kappa shape index (κ2) is 6.45.